The maximum atomic E-state index is 6.29. The van der Waals surface area contributed by atoms with Gasteiger partial charge in [-0.3, -0.25) is 0 Å². The van der Waals surface area contributed by atoms with E-state index in [0.717, 1.165) is 32.9 Å². The van der Waals surface area contributed by atoms with E-state index in [0.29, 0.717) is 5.92 Å². The van der Waals surface area contributed by atoms with Gasteiger partial charge in [-0.2, -0.15) is 0 Å². The standard InChI is InChI=1S/C17H35NO2/c1-4-11-18-15-17(9-7-5-6-8-10-17)20-13-12-19-14-16(2)3/h16,18H,4-15H2,1-3H3. The predicted molar refractivity (Wildman–Crippen MR) is 85.2 cm³/mol. The number of nitrogens with one attached hydrogen (secondary N) is 1. The first-order chi connectivity index (χ1) is 9.68. The second kappa shape index (κ2) is 10.6. The van der Waals surface area contributed by atoms with Crippen LogP contribution in [0.4, 0.5) is 0 Å². The van der Waals surface area contributed by atoms with Gasteiger partial charge in [0, 0.05) is 13.2 Å². The SMILES string of the molecule is CCCNCC1(OCCOCC(C)C)CCCCCC1. The molecule has 1 aliphatic rings. The van der Waals surface area contributed by atoms with Crippen molar-refractivity contribution in [3.05, 3.63) is 0 Å². The van der Waals surface area contributed by atoms with Gasteiger partial charge in [-0.1, -0.05) is 46.5 Å². The van der Waals surface area contributed by atoms with Crippen molar-refractivity contribution in [2.24, 2.45) is 5.92 Å². The van der Waals surface area contributed by atoms with Crippen LogP contribution in [0.3, 0.4) is 0 Å². The first kappa shape index (κ1) is 17.9. The van der Waals surface area contributed by atoms with E-state index in [4.69, 9.17) is 9.47 Å². The van der Waals surface area contributed by atoms with Crippen molar-refractivity contribution in [3.8, 4) is 0 Å². The lowest BCUT2D eigenvalue weighted by Crippen LogP contribution is -2.43. The monoisotopic (exact) mass is 285 g/mol. The van der Waals surface area contributed by atoms with Crippen molar-refractivity contribution in [1.82, 2.24) is 5.32 Å². The topological polar surface area (TPSA) is 30.5 Å². The number of hydrogen-bond donors (Lipinski definition) is 1. The van der Waals surface area contributed by atoms with Gasteiger partial charge in [-0.15, -0.1) is 0 Å². The highest BCUT2D eigenvalue weighted by molar-refractivity contribution is 4.85. The Bertz CT molecular complexity index is 223. The maximum absolute atomic E-state index is 6.29. The molecule has 0 heterocycles. The normalized spacial score (nSPS) is 19.2. The van der Waals surface area contributed by atoms with Gasteiger partial charge in [-0.05, 0) is 31.7 Å². The van der Waals surface area contributed by atoms with Crippen LogP contribution in [0.15, 0.2) is 0 Å². The molecule has 0 saturated heterocycles. The summed E-state index contributed by atoms with van der Waals surface area (Å²) < 4.78 is 11.9. The second-order valence-electron chi connectivity index (χ2n) is 6.59. The summed E-state index contributed by atoms with van der Waals surface area (Å²) in [5.74, 6) is 0.605. The maximum Gasteiger partial charge on any atom is 0.0807 e. The van der Waals surface area contributed by atoms with Crippen molar-refractivity contribution in [2.75, 3.05) is 32.9 Å². The zero-order valence-corrected chi connectivity index (χ0v) is 13.9. The van der Waals surface area contributed by atoms with Gasteiger partial charge in [-0.25, -0.2) is 0 Å². The van der Waals surface area contributed by atoms with Crippen LogP contribution >= 0.6 is 0 Å². The molecule has 0 amide bonds. The lowest BCUT2D eigenvalue weighted by molar-refractivity contribution is -0.0767. The van der Waals surface area contributed by atoms with Crippen LogP contribution in [0.2, 0.25) is 0 Å². The van der Waals surface area contributed by atoms with Crippen LogP contribution in [0.5, 0.6) is 0 Å². The molecule has 1 aliphatic carbocycles. The van der Waals surface area contributed by atoms with Crippen LogP contribution in [-0.4, -0.2) is 38.5 Å². The predicted octanol–water partition coefficient (Wildman–Crippen LogP) is 3.77. The fourth-order valence-electron chi connectivity index (χ4n) is 2.87. The average molecular weight is 285 g/mol. The molecule has 3 heteroatoms. The molecule has 20 heavy (non-hydrogen) atoms. The van der Waals surface area contributed by atoms with E-state index in [1.165, 1.54) is 44.9 Å². The van der Waals surface area contributed by atoms with Crippen LogP contribution in [0.25, 0.3) is 0 Å². The lowest BCUT2D eigenvalue weighted by Gasteiger charge is -2.33. The molecule has 3 nitrogen and oxygen atoms in total. The molecule has 0 spiro atoms. The summed E-state index contributed by atoms with van der Waals surface area (Å²) in [4.78, 5) is 0. The van der Waals surface area contributed by atoms with Gasteiger partial charge < -0.3 is 14.8 Å². The zero-order chi connectivity index (χ0) is 14.7. The highest BCUT2D eigenvalue weighted by atomic mass is 16.5. The Balaban J connectivity index is 2.32. The molecule has 0 aromatic carbocycles. The van der Waals surface area contributed by atoms with E-state index >= 15 is 0 Å². The van der Waals surface area contributed by atoms with Gasteiger partial charge in [0.1, 0.15) is 0 Å². The Morgan fingerprint density at radius 2 is 1.75 bits per heavy atom. The van der Waals surface area contributed by atoms with E-state index in [1.807, 2.05) is 0 Å². The van der Waals surface area contributed by atoms with Crippen molar-refractivity contribution in [1.29, 1.82) is 0 Å². The Labute approximate surface area is 125 Å². The summed E-state index contributed by atoms with van der Waals surface area (Å²) >= 11 is 0. The second-order valence-corrected chi connectivity index (χ2v) is 6.59. The highest BCUT2D eigenvalue weighted by Gasteiger charge is 2.31. The molecule has 0 unspecified atom stereocenters. The third-order valence-electron chi connectivity index (χ3n) is 3.98. The van der Waals surface area contributed by atoms with Gasteiger partial charge in [0.25, 0.3) is 0 Å². The van der Waals surface area contributed by atoms with Crippen molar-refractivity contribution in [3.63, 3.8) is 0 Å². The van der Waals surface area contributed by atoms with E-state index in [-0.39, 0.29) is 5.60 Å². The summed E-state index contributed by atoms with van der Waals surface area (Å²) in [6.45, 7) is 11.0. The van der Waals surface area contributed by atoms with Crippen molar-refractivity contribution in [2.45, 2.75) is 71.3 Å². The summed E-state index contributed by atoms with van der Waals surface area (Å²) in [7, 11) is 0. The molecular formula is C17H35NO2. The van der Waals surface area contributed by atoms with Gasteiger partial charge in [0.15, 0.2) is 0 Å². The Kier molecular flexibility index (Phi) is 9.49. The molecule has 0 aliphatic heterocycles. The molecule has 120 valence electrons. The molecule has 0 bridgehead atoms. The molecule has 0 radical (unpaired) electrons. The molecular weight excluding hydrogens is 250 g/mol. The third kappa shape index (κ3) is 7.61. The fourth-order valence-corrected chi connectivity index (χ4v) is 2.87. The summed E-state index contributed by atoms with van der Waals surface area (Å²) in [5.41, 5.74) is 0.0624. The smallest absolute Gasteiger partial charge is 0.0807 e. The molecule has 0 atom stereocenters. The minimum Gasteiger partial charge on any atom is -0.379 e. The van der Waals surface area contributed by atoms with E-state index in [2.05, 4.69) is 26.1 Å². The molecule has 0 aromatic heterocycles. The molecule has 1 rings (SSSR count). The Morgan fingerprint density at radius 3 is 2.35 bits per heavy atom. The number of ether oxygens (including phenoxy) is 2. The highest BCUT2D eigenvalue weighted by Crippen LogP contribution is 2.30. The first-order valence-electron chi connectivity index (χ1n) is 8.61. The molecule has 1 saturated carbocycles. The Hall–Kier alpha value is -0.120. The number of hydrogen-bond acceptors (Lipinski definition) is 3. The van der Waals surface area contributed by atoms with E-state index < -0.39 is 0 Å². The van der Waals surface area contributed by atoms with Gasteiger partial charge >= 0.3 is 0 Å². The lowest BCUT2D eigenvalue weighted by atomic mass is 9.94. The molecule has 0 aromatic rings. The summed E-state index contributed by atoms with van der Waals surface area (Å²) in [6, 6.07) is 0. The number of rotatable bonds is 10. The minimum absolute atomic E-state index is 0.0624. The van der Waals surface area contributed by atoms with Crippen LogP contribution in [-0.2, 0) is 9.47 Å². The third-order valence-corrected chi connectivity index (χ3v) is 3.98. The summed E-state index contributed by atoms with van der Waals surface area (Å²) in [5, 5.41) is 3.57. The minimum atomic E-state index is 0.0624. The van der Waals surface area contributed by atoms with Crippen molar-refractivity contribution >= 4 is 0 Å². The van der Waals surface area contributed by atoms with Crippen LogP contribution < -0.4 is 5.32 Å². The quantitative estimate of drug-likeness (QED) is 0.489. The first-order valence-corrected chi connectivity index (χ1v) is 8.61. The summed E-state index contributed by atoms with van der Waals surface area (Å²) in [6.07, 6.45) is 8.93. The zero-order valence-electron chi connectivity index (χ0n) is 13.9. The Morgan fingerprint density at radius 1 is 1.05 bits per heavy atom. The van der Waals surface area contributed by atoms with Crippen LogP contribution in [0.1, 0.15) is 65.7 Å². The molecule has 1 N–H and O–H groups in total. The van der Waals surface area contributed by atoms with Crippen molar-refractivity contribution < 1.29 is 9.47 Å². The molecule has 1 fully saturated rings. The fraction of sp³-hybridized carbons (Fsp3) is 1.00. The average Bonchev–Trinajstić information content (AvgIpc) is 2.65. The van der Waals surface area contributed by atoms with E-state index in [9.17, 15) is 0 Å². The van der Waals surface area contributed by atoms with Gasteiger partial charge in [0.05, 0.1) is 18.8 Å². The van der Waals surface area contributed by atoms with Gasteiger partial charge in [0.2, 0.25) is 0 Å². The largest absolute Gasteiger partial charge is 0.379 e. The van der Waals surface area contributed by atoms with E-state index in [1.54, 1.807) is 0 Å². The van der Waals surface area contributed by atoms with Crippen LogP contribution in [0, 0.1) is 5.92 Å².